The third kappa shape index (κ3) is 2.54. The molecule has 2 heterocycles. The first-order chi connectivity index (χ1) is 12.6. The van der Waals surface area contributed by atoms with Crippen molar-refractivity contribution in [1.29, 1.82) is 0 Å². The maximum Gasteiger partial charge on any atom is 0.217 e. The number of nitrogens with zero attached hydrogens (tertiary/aromatic N) is 2. The van der Waals surface area contributed by atoms with Crippen molar-refractivity contribution in [1.82, 2.24) is 9.78 Å². The van der Waals surface area contributed by atoms with Gasteiger partial charge in [-0.15, -0.1) is 0 Å². The van der Waals surface area contributed by atoms with Crippen LogP contribution in [0.25, 0.3) is 11.1 Å². The highest BCUT2D eigenvalue weighted by atomic mass is 32.2. The zero-order valence-electron chi connectivity index (χ0n) is 15.5. The van der Waals surface area contributed by atoms with Crippen LogP contribution in [0.3, 0.4) is 0 Å². The van der Waals surface area contributed by atoms with Gasteiger partial charge in [-0.25, -0.2) is 22.3 Å². The van der Waals surface area contributed by atoms with E-state index in [0.717, 1.165) is 6.07 Å². The predicted molar refractivity (Wildman–Crippen MR) is 95.3 cm³/mol. The predicted octanol–water partition coefficient (Wildman–Crippen LogP) is 2.17. The lowest BCUT2D eigenvalue weighted by Gasteiger charge is -2.32. The number of hydrogen-bond donors (Lipinski definition) is 1. The first kappa shape index (κ1) is 19.3. The maximum absolute atomic E-state index is 15.0. The summed E-state index contributed by atoms with van der Waals surface area (Å²) in [7, 11) is -1.28. The number of aryl methyl sites for hydroxylation is 2. The van der Waals surface area contributed by atoms with E-state index in [9.17, 15) is 18.3 Å². The Balaban J connectivity index is 2.48. The summed E-state index contributed by atoms with van der Waals surface area (Å²) in [4.78, 5) is 11.0. The number of carbonyl (C=O) groups excluding carboxylic acids is 1. The number of ether oxygens (including phenoxy) is 1. The van der Waals surface area contributed by atoms with Gasteiger partial charge < -0.3 is 9.84 Å². The number of hydrogen-bond acceptors (Lipinski definition) is 6. The zero-order valence-corrected chi connectivity index (χ0v) is 16.3. The van der Waals surface area contributed by atoms with Crippen LogP contribution in [-0.2, 0) is 26.4 Å². The lowest BCUT2D eigenvalue weighted by molar-refractivity contribution is 0.126. The Morgan fingerprint density at radius 3 is 2.48 bits per heavy atom. The summed E-state index contributed by atoms with van der Waals surface area (Å²) < 4.78 is 47.3. The van der Waals surface area contributed by atoms with E-state index in [0.29, 0.717) is 16.8 Å². The van der Waals surface area contributed by atoms with Crippen molar-refractivity contribution >= 4 is 15.8 Å². The molecule has 7 nitrogen and oxygen atoms in total. The van der Waals surface area contributed by atoms with Gasteiger partial charge in [-0.2, -0.15) is 5.10 Å². The van der Waals surface area contributed by atoms with Crippen LogP contribution in [0.5, 0.6) is 5.88 Å². The molecule has 0 spiro atoms. The van der Waals surface area contributed by atoms with Gasteiger partial charge in [0.2, 0.25) is 5.88 Å². The molecule has 144 valence electrons. The Labute approximate surface area is 156 Å². The minimum atomic E-state index is -4.13. The van der Waals surface area contributed by atoms with Crippen molar-refractivity contribution in [3.05, 3.63) is 34.3 Å². The molecule has 2 atom stereocenters. The minimum absolute atomic E-state index is 0.0478. The monoisotopic (exact) mass is 394 g/mol. The van der Waals surface area contributed by atoms with E-state index < -0.39 is 31.9 Å². The van der Waals surface area contributed by atoms with Gasteiger partial charge in [0.25, 0.3) is 0 Å². The number of methoxy groups -OCH3 is 1. The standard InChI is InChI=1S/C18H19FN2O5S/c1-8-11(15-9(2)20-21(4)18(15)23)6-13(19)17-14(8)16(26-5)12(7-22)10(3)27(17,24)25/h6,10,16,23H,1-5H3. The highest BCUT2D eigenvalue weighted by Gasteiger charge is 2.45. The highest BCUT2D eigenvalue weighted by molar-refractivity contribution is 7.92. The topological polar surface area (TPSA) is 98.5 Å². The van der Waals surface area contributed by atoms with Crippen LogP contribution in [0, 0.1) is 19.7 Å². The van der Waals surface area contributed by atoms with Crippen molar-refractivity contribution in [2.24, 2.45) is 7.05 Å². The van der Waals surface area contributed by atoms with Gasteiger partial charge in [-0.05, 0) is 38.0 Å². The minimum Gasteiger partial charge on any atom is -0.493 e. The van der Waals surface area contributed by atoms with E-state index in [1.807, 2.05) is 0 Å². The Kier molecular flexibility index (Phi) is 4.50. The molecule has 0 amide bonds. The van der Waals surface area contributed by atoms with Crippen molar-refractivity contribution in [2.75, 3.05) is 7.11 Å². The lowest BCUT2D eigenvalue weighted by Crippen LogP contribution is -2.33. The second-order valence-corrected chi connectivity index (χ2v) is 8.75. The normalized spacial score (nSPS) is 21.0. The molecule has 1 aromatic carbocycles. The molecule has 1 aliphatic heterocycles. The smallest absolute Gasteiger partial charge is 0.217 e. The van der Waals surface area contributed by atoms with Crippen LogP contribution < -0.4 is 0 Å². The molecule has 1 aromatic heterocycles. The van der Waals surface area contributed by atoms with E-state index in [1.54, 1.807) is 19.8 Å². The van der Waals surface area contributed by atoms with Crippen LogP contribution in [0.4, 0.5) is 4.39 Å². The summed E-state index contributed by atoms with van der Waals surface area (Å²) >= 11 is 0. The molecule has 0 saturated heterocycles. The summed E-state index contributed by atoms with van der Waals surface area (Å²) in [6.45, 7) is 4.55. The van der Waals surface area contributed by atoms with E-state index in [2.05, 4.69) is 5.10 Å². The second-order valence-electron chi connectivity index (χ2n) is 6.54. The molecule has 1 N–H and O–H groups in total. The molecule has 0 fully saturated rings. The Morgan fingerprint density at radius 2 is 2.00 bits per heavy atom. The van der Waals surface area contributed by atoms with E-state index >= 15 is 4.39 Å². The third-order valence-electron chi connectivity index (χ3n) is 5.09. The second kappa shape index (κ2) is 6.30. The van der Waals surface area contributed by atoms with Gasteiger partial charge in [-0.1, -0.05) is 0 Å². The fourth-order valence-electron chi connectivity index (χ4n) is 3.66. The highest BCUT2D eigenvalue weighted by Crippen LogP contribution is 2.47. The molecule has 0 aliphatic carbocycles. The molecule has 9 heteroatoms. The quantitative estimate of drug-likeness (QED) is 0.784. The van der Waals surface area contributed by atoms with Crippen LogP contribution in [0.2, 0.25) is 0 Å². The summed E-state index contributed by atoms with van der Waals surface area (Å²) in [5.74, 6) is 0.514. The number of halogens is 1. The fraction of sp³-hybridized carbons (Fsp3) is 0.389. The third-order valence-corrected chi connectivity index (χ3v) is 7.26. The number of sulfone groups is 1. The van der Waals surface area contributed by atoms with Crippen molar-refractivity contribution in [2.45, 2.75) is 37.0 Å². The summed E-state index contributed by atoms with van der Waals surface area (Å²) in [6.07, 6.45) is -1.05. The van der Waals surface area contributed by atoms with Gasteiger partial charge in [0.1, 0.15) is 22.8 Å². The molecule has 0 saturated carbocycles. The molecule has 3 rings (SSSR count). The van der Waals surface area contributed by atoms with Crippen LogP contribution in [0.1, 0.15) is 29.8 Å². The molecule has 0 bridgehead atoms. The number of benzene rings is 1. The molecule has 0 radical (unpaired) electrons. The largest absolute Gasteiger partial charge is 0.493 e. The SMILES string of the molecule is COC1C(=C=O)C(C)S(=O)(=O)c2c(F)cc(-c3c(C)nn(C)c3O)c(C)c21. The average molecular weight is 394 g/mol. The number of aromatic nitrogens is 2. The Bertz CT molecular complexity index is 1110. The molecule has 1 aliphatic rings. The summed E-state index contributed by atoms with van der Waals surface area (Å²) in [5, 5.41) is 13.2. The number of rotatable bonds is 2. The molecule has 2 unspecified atom stereocenters. The van der Waals surface area contributed by atoms with Crippen molar-refractivity contribution in [3.63, 3.8) is 0 Å². The molecular formula is C18H19FN2O5S. The van der Waals surface area contributed by atoms with Gasteiger partial charge in [0.05, 0.1) is 22.1 Å². The van der Waals surface area contributed by atoms with E-state index in [-0.39, 0.29) is 22.6 Å². The van der Waals surface area contributed by atoms with Crippen LogP contribution >= 0.6 is 0 Å². The van der Waals surface area contributed by atoms with Crippen LogP contribution in [0.15, 0.2) is 16.5 Å². The summed E-state index contributed by atoms with van der Waals surface area (Å²) in [5.41, 5.74) is 1.34. The van der Waals surface area contributed by atoms with Gasteiger partial charge in [-0.3, -0.25) is 0 Å². The van der Waals surface area contributed by atoms with Gasteiger partial charge in [0.15, 0.2) is 9.84 Å². The van der Waals surface area contributed by atoms with Crippen molar-refractivity contribution in [3.8, 4) is 17.0 Å². The summed E-state index contributed by atoms with van der Waals surface area (Å²) in [6, 6.07) is 1.07. The Hall–Kier alpha value is -2.48. The number of fused-ring (bicyclic) bond motifs is 1. The molecule has 2 aromatic rings. The lowest BCUT2D eigenvalue weighted by atomic mass is 9.90. The maximum atomic E-state index is 15.0. The number of aromatic hydroxyl groups is 1. The average Bonchev–Trinajstić information content (AvgIpc) is 2.85. The van der Waals surface area contributed by atoms with Gasteiger partial charge >= 0.3 is 0 Å². The van der Waals surface area contributed by atoms with E-state index in [4.69, 9.17) is 4.74 Å². The zero-order chi connectivity index (χ0) is 20.3. The van der Waals surface area contributed by atoms with Gasteiger partial charge in [0, 0.05) is 19.7 Å². The Morgan fingerprint density at radius 1 is 1.37 bits per heavy atom. The fourth-order valence-corrected chi connectivity index (χ4v) is 5.42. The first-order valence-electron chi connectivity index (χ1n) is 8.15. The van der Waals surface area contributed by atoms with Crippen LogP contribution in [-0.4, -0.2) is 41.6 Å². The molecular weight excluding hydrogens is 375 g/mol. The van der Waals surface area contributed by atoms with Crippen molar-refractivity contribution < 1.29 is 27.4 Å². The first-order valence-corrected chi connectivity index (χ1v) is 9.70. The van der Waals surface area contributed by atoms with E-state index in [1.165, 1.54) is 25.8 Å². The molecule has 27 heavy (non-hydrogen) atoms.